The SMILES string of the molecule is O=C(CCl)N1CC(Cn2cnc3c(Br)cccc3c2=O)C1. The van der Waals surface area contributed by atoms with E-state index in [0.29, 0.717) is 30.5 Å². The highest BCUT2D eigenvalue weighted by atomic mass is 79.9. The number of alkyl halides is 1. The zero-order valence-electron chi connectivity index (χ0n) is 11.1. The second kappa shape index (κ2) is 5.77. The normalized spacial score (nSPS) is 15.2. The molecule has 1 aliphatic rings. The van der Waals surface area contributed by atoms with Crippen molar-refractivity contribution >= 4 is 44.3 Å². The molecular weight excluding hydrogens is 358 g/mol. The van der Waals surface area contributed by atoms with E-state index in [-0.39, 0.29) is 23.3 Å². The predicted octanol–water partition coefficient (Wildman–Crippen LogP) is 1.86. The number of likely N-dealkylation sites (tertiary alicyclic amines) is 1. The lowest BCUT2D eigenvalue weighted by Crippen LogP contribution is -2.52. The Morgan fingerprint density at radius 2 is 2.19 bits per heavy atom. The lowest BCUT2D eigenvalue weighted by atomic mass is 10.00. The molecule has 1 aromatic heterocycles. The van der Waals surface area contributed by atoms with Gasteiger partial charge in [-0.25, -0.2) is 4.98 Å². The molecule has 0 aliphatic carbocycles. The Morgan fingerprint density at radius 1 is 1.43 bits per heavy atom. The van der Waals surface area contributed by atoms with Crippen LogP contribution >= 0.6 is 27.5 Å². The molecule has 1 aliphatic heterocycles. The van der Waals surface area contributed by atoms with Gasteiger partial charge >= 0.3 is 0 Å². The van der Waals surface area contributed by atoms with E-state index in [0.717, 1.165) is 4.47 Å². The van der Waals surface area contributed by atoms with Crippen molar-refractivity contribution in [2.75, 3.05) is 19.0 Å². The average molecular weight is 371 g/mol. The van der Waals surface area contributed by atoms with Crippen molar-refractivity contribution in [1.82, 2.24) is 14.5 Å². The summed E-state index contributed by atoms with van der Waals surface area (Å²) in [5.41, 5.74) is 0.620. The van der Waals surface area contributed by atoms with Crippen LogP contribution < -0.4 is 5.56 Å². The van der Waals surface area contributed by atoms with Crippen molar-refractivity contribution in [3.63, 3.8) is 0 Å². The fourth-order valence-electron chi connectivity index (χ4n) is 2.54. The number of para-hydroxylation sites is 1. The molecule has 3 rings (SSSR count). The molecule has 0 unspecified atom stereocenters. The summed E-state index contributed by atoms with van der Waals surface area (Å²) < 4.78 is 2.42. The third kappa shape index (κ3) is 2.70. The Morgan fingerprint density at radius 3 is 2.90 bits per heavy atom. The van der Waals surface area contributed by atoms with Gasteiger partial charge in [-0.3, -0.25) is 14.2 Å². The Hall–Kier alpha value is -1.40. The van der Waals surface area contributed by atoms with E-state index in [1.54, 1.807) is 21.9 Å². The first-order chi connectivity index (χ1) is 10.1. The van der Waals surface area contributed by atoms with Crippen LogP contribution in [0.15, 0.2) is 33.8 Å². The molecule has 0 spiro atoms. The molecule has 0 radical (unpaired) electrons. The second-order valence-electron chi connectivity index (χ2n) is 5.14. The molecule has 21 heavy (non-hydrogen) atoms. The first-order valence-corrected chi connectivity index (χ1v) is 7.90. The highest BCUT2D eigenvalue weighted by molar-refractivity contribution is 9.10. The van der Waals surface area contributed by atoms with Crippen LogP contribution in [0.25, 0.3) is 10.9 Å². The first-order valence-electron chi connectivity index (χ1n) is 6.57. The number of hydrogen-bond donors (Lipinski definition) is 0. The Bertz CT molecular complexity index is 755. The van der Waals surface area contributed by atoms with E-state index < -0.39 is 0 Å². The monoisotopic (exact) mass is 369 g/mol. The molecule has 0 saturated carbocycles. The second-order valence-corrected chi connectivity index (χ2v) is 6.26. The third-order valence-electron chi connectivity index (χ3n) is 3.68. The maximum absolute atomic E-state index is 12.4. The van der Waals surface area contributed by atoms with Gasteiger partial charge in [0.1, 0.15) is 5.88 Å². The number of amides is 1. The van der Waals surface area contributed by atoms with Crippen LogP contribution in [0, 0.1) is 5.92 Å². The van der Waals surface area contributed by atoms with Gasteiger partial charge in [-0.1, -0.05) is 6.07 Å². The molecule has 0 bridgehead atoms. The summed E-state index contributed by atoms with van der Waals surface area (Å²) in [7, 11) is 0. The van der Waals surface area contributed by atoms with Crippen LogP contribution in [0.1, 0.15) is 0 Å². The number of carbonyl (C=O) groups excluding carboxylic acids is 1. The molecule has 2 heterocycles. The first kappa shape index (κ1) is 14.5. The molecule has 1 fully saturated rings. The summed E-state index contributed by atoms with van der Waals surface area (Å²) in [6.07, 6.45) is 1.57. The van der Waals surface area contributed by atoms with E-state index in [1.165, 1.54) is 0 Å². The molecule has 1 saturated heterocycles. The molecule has 1 aromatic carbocycles. The average Bonchev–Trinajstić information content (AvgIpc) is 2.44. The van der Waals surface area contributed by atoms with Crippen molar-refractivity contribution in [3.8, 4) is 0 Å². The summed E-state index contributed by atoms with van der Waals surface area (Å²) in [4.78, 5) is 29.8. The minimum Gasteiger partial charge on any atom is -0.341 e. The molecule has 2 aromatic rings. The van der Waals surface area contributed by atoms with E-state index in [9.17, 15) is 9.59 Å². The van der Waals surface area contributed by atoms with Gasteiger partial charge < -0.3 is 4.90 Å². The van der Waals surface area contributed by atoms with Crippen LogP contribution in [0.5, 0.6) is 0 Å². The van der Waals surface area contributed by atoms with Gasteiger partial charge in [0.25, 0.3) is 5.56 Å². The zero-order chi connectivity index (χ0) is 15.0. The fraction of sp³-hybridized carbons (Fsp3) is 0.357. The highest BCUT2D eigenvalue weighted by Crippen LogP contribution is 2.20. The highest BCUT2D eigenvalue weighted by Gasteiger charge is 2.30. The van der Waals surface area contributed by atoms with E-state index >= 15 is 0 Å². The van der Waals surface area contributed by atoms with Gasteiger partial charge in [-0.05, 0) is 28.1 Å². The third-order valence-corrected chi connectivity index (χ3v) is 4.55. The fourth-order valence-corrected chi connectivity index (χ4v) is 3.17. The number of aromatic nitrogens is 2. The van der Waals surface area contributed by atoms with Gasteiger partial charge in [0, 0.05) is 30.0 Å². The van der Waals surface area contributed by atoms with E-state index in [4.69, 9.17) is 11.6 Å². The number of hydrogen-bond acceptors (Lipinski definition) is 3. The maximum atomic E-state index is 12.4. The van der Waals surface area contributed by atoms with Gasteiger partial charge in [-0.2, -0.15) is 0 Å². The lowest BCUT2D eigenvalue weighted by Gasteiger charge is -2.39. The Labute approximate surface area is 134 Å². The van der Waals surface area contributed by atoms with Crippen molar-refractivity contribution in [3.05, 3.63) is 39.4 Å². The summed E-state index contributed by atoms with van der Waals surface area (Å²) in [5, 5.41) is 0.597. The van der Waals surface area contributed by atoms with E-state index in [2.05, 4.69) is 20.9 Å². The van der Waals surface area contributed by atoms with Crippen molar-refractivity contribution < 1.29 is 4.79 Å². The Balaban J connectivity index is 1.79. The summed E-state index contributed by atoms with van der Waals surface area (Å²) in [6, 6.07) is 5.46. The molecule has 7 heteroatoms. The van der Waals surface area contributed by atoms with Crippen LogP contribution in [0.4, 0.5) is 0 Å². The summed E-state index contributed by atoms with van der Waals surface area (Å²) in [5.74, 6) is 0.236. The van der Waals surface area contributed by atoms with Crippen LogP contribution in [0.2, 0.25) is 0 Å². The van der Waals surface area contributed by atoms with Crippen LogP contribution in [-0.4, -0.2) is 39.3 Å². The van der Waals surface area contributed by atoms with Gasteiger partial charge in [0.15, 0.2) is 0 Å². The number of nitrogens with zero attached hydrogens (tertiary/aromatic N) is 3. The predicted molar refractivity (Wildman–Crippen MR) is 84.5 cm³/mol. The zero-order valence-corrected chi connectivity index (χ0v) is 13.5. The molecule has 0 N–H and O–H groups in total. The number of rotatable bonds is 3. The number of fused-ring (bicyclic) bond motifs is 1. The maximum Gasteiger partial charge on any atom is 0.261 e. The van der Waals surface area contributed by atoms with Gasteiger partial charge in [0.2, 0.25) is 5.91 Å². The minimum absolute atomic E-state index is 0.0121. The smallest absolute Gasteiger partial charge is 0.261 e. The Kier molecular flexibility index (Phi) is 3.99. The molecule has 5 nitrogen and oxygen atoms in total. The number of benzene rings is 1. The molecule has 1 amide bonds. The lowest BCUT2D eigenvalue weighted by molar-refractivity contribution is -0.134. The quantitative estimate of drug-likeness (QED) is 0.775. The van der Waals surface area contributed by atoms with Crippen LogP contribution in [0.3, 0.4) is 0 Å². The van der Waals surface area contributed by atoms with Crippen molar-refractivity contribution in [1.29, 1.82) is 0 Å². The van der Waals surface area contributed by atoms with Crippen LogP contribution in [-0.2, 0) is 11.3 Å². The standard InChI is InChI=1S/C14H13BrClN3O2/c15-11-3-1-2-10-13(11)17-8-19(14(10)21)7-9-5-18(6-9)12(20)4-16/h1-3,8-9H,4-7H2. The molecule has 110 valence electrons. The molecular formula is C14H13BrClN3O2. The van der Waals surface area contributed by atoms with Crippen molar-refractivity contribution in [2.24, 2.45) is 5.92 Å². The van der Waals surface area contributed by atoms with Gasteiger partial charge in [0.05, 0.1) is 17.2 Å². The number of carbonyl (C=O) groups is 1. The minimum atomic E-state index is -0.0548. The van der Waals surface area contributed by atoms with Crippen molar-refractivity contribution in [2.45, 2.75) is 6.54 Å². The summed E-state index contributed by atoms with van der Waals surface area (Å²) >= 11 is 8.91. The van der Waals surface area contributed by atoms with Gasteiger partial charge in [-0.15, -0.1) is 11.6 Å². The summed E-state index contributed by atoms with van der Waals surface area (Å²) in [6.45, 7) is 1.86. The largest absolute Gasteiger partial charge is 0.341 e. The topological polar surface area (TPSA) is 55.2 Å². The number of halogens is 2. The van der Waals surface area contributed by atoms with E-state index in [1.807, 2.05) is 12.1 Å². The molecule has 0 atom stereocenters.